The largest absolute Gasteiger partial charge is 0.497 e. The molecular formula is C20H23N3O. The van der Waals surface area contributed by atoms with Gasteiger partial charge >= 0.3 is 0 Å². The molecule has 0 atom stereocenters. The summed E-state index contributed by atoms with van der Waals surface area (Å²) in [6.45, 7) is 6.89. The Kier molecular flexibility index (Phi) is 4.56. The zero-order valence-electron chi connectivity index (χ0n) is 14.2. The molecule has 2 N–H and O–H groups in total. The van der Waals surface area contributed by atoms with Crippen molar-refractivity contribution in [2.75, 3.05) is 7.11 Å². The molecule has 24 heavy (non-hydrogen) atoms. The predicted molar refractivity (Wildman–Crippen MR) is 99.0 cm³/mol. The number of imidazole rings is 1. The first-order chi connectivity index (χ1) is 11.6. The zero-order valence-corrected chi connectivity index (χ0v) is 14.2. The number of aryl methyl sites for hydroxylation is 3. The monoisotopic (exact) mass is 321 g/mol. The zero-order chi connectivity index (χ0) is 17.1. The Labute approximate surface area is 142 Å². The highest BCUT2D eigenvalue weighted by molar-refractivity contribution is 5.78. The Bertz CT molecular complexity index is 880. The van der Waals surface area contributed by atoms with Gasteiger partial charge in [-0.2, -0.15) is 0 Å². The van der Waals surface area contributed by atoms with Gasteiger partial charge in [-0.15, -0.1) is 0 Å². The van der Waals surface area contributed by atoms with Gasteiger partial charge in [-0.05, 0) is 36.6 Å². The molecule has 0 saturated heterocycles. The molecule has 1 aromatic heterocycles. The molecule has 2 aromatic carbocycles. The Balaban J connectivity index is 1.92. The lowest BCUT2D eigenvalue weighted by molar-refractivity contribution is 0.415. The molecule has 1 heterocycles. The van der Waals surface area contributed by atoms with E-state index in [1.165, 1.54) is 5.56 Å². The average molecular weight is 321 g/mol. The highest BCUT2D eigenvalue weighted by atomic mass is 16.5. The molecule has 0 fully saturated rings. The maximum atomic E-state index is 5.90. The van der Waals surface area contributed by atoms with E-state index in [9.17, 15) is 0 Å². The smallest absolute Gasteiger partial charge is 0.121 e. The number of hydrogen-bond acceptors (Lipinski definition) is 3. The van der Waals surface area contributed by atoms with Crippen LogP contribution in [-0.2, 0) is 19.4 Å². The summed E-state index contributed by atoms with van der Waals surface area (Å²) in [5.74, 6) is 1.94. The molecule has 4 nitrogen and oxygen atoms in total. The molecule has 0 bridgehead atoms. The van der Waals surface area contributed by atoms with Gasteiger partial charge in [0, 0.05) is 24.7 Å². The maximum absolute atomic E-state index is 5.90. The molecule has 0 unspecified atom stereocenters. The molecule has 4 heteroatoms. The van der Waals surface area contributed by atoms with Crippen molar-refractivity contribution in [2.45, 2.75) is 26.3 Å². The number of methoxy groups -OCH3 is 1. The van der Waals surface area contributed by atoms with Gasteiger partial charge in [0.15, 0.2) is 0 Å². The fourth-order valence-electron chi connectivity index (χ4n) is 3.12. The van der Waals surface area contributed by atoms with E-state index in [0.29, 0.717) is 5.70 Å². The maximum Gasteiger partial charge on any atom is 0.121 e. The molecule has 0 aliphatic carbocycles. The molecule has 3 rings (SSSR count). The quantitative estimate of drug-likeness (QED) is 0.752. The van der Waals surface area contributed by atoms with Gasteiger partial charge in [0.05, 0.1) is 18.1 Å². The summed E-state index contributed by atoms with van der Waals surface area (Å²) in [4.78, 5) is 4.80. The summed E-state index contributed by atoms with van der Waals surface area (Å²) in [6.07, 6.45) is 1.74. The fourth-order valence-corrected chi connectivity index (χ4v) is 3.12. The SMILES string of the molecule is C=C(N)c1ccccc1CCc1nc2ccc(OC)cc2n1CC. The van der Waals surface area contributed by atoms with Crippen molar-refractivity contribution in [3.05, 3.63) is 66.0 Å². The minimum absolute atomic E-state index is 0.610. The topological polar surface area (TPSA) is 53.1 Å². The molecule has 0 amide bonds. The number of nitrogens with two attached hydrogens (primary N) is 1. The van der Waals surface area contributed by atoms with Crippen LogP contribution in [0.1, 0.15) is 23.9 Å². The predicted octanol–water partition coefficient (Wildman–Crippen LogP) is 3.78. The van der Waals surface area contributed by atoms with Gasteiger partial charge in [0.1, 0.15) is 11.6 Å². The summed E-state index contributed by atoms with van der Waals surface area (Å²) in [6, 6.07) is 14.2. The van der Waals surface area contributed by atoms with Crippen LogP contribution >= 0.6 is 0 Å². The van der Waals surface area contributed by atoms with E-state index in [2.05, 4.69) is 24.1 Å². The number of benzene rings is 2. The average Bonchev–Trinajstić information content (AvgIpc) is 2.96. The third-order valence-electron chi connectivity index (χ3n) is 4.33. The molecule has 0 aliphatic heterocycles. The van der Waals surface area contributed by atoms with Crippen LogP contribution in [0.5, 0.6) is 5.75 Å². The number of nitrogens with zero attached hydrogens (tertiary/aromatic N) is 2. The van der Waals surface area contributed by atoms with Crippen LogP contribution in [0, 0.1) is 0 Å². The Morgan fingerprint density at radius 1 is 1.21 bits per heavy atom. The number of rotatable bonds is 6. The molecule has 0 spiro atoms. The normalized spacial score (nSPS) is 10.9. The van der Waals surface area contributed by atoms with E-state index < -0.39 is 0 Å². The van der Waals surface area contributed by atoms with Crippen LogP contribution in [0.2, 0.25) is 0 Å². The van der Waals surface area contributed by atoms with Crippen LogP contribution in [0.4, 0.5) is 0 Å². The second-order valence-corrected chi connectivity index (χ2v) is 5.81. The number of hydrogen-bond donors (Lipinski definition) is 1. The van der Waals surface area contributed by atoms with Crippen molar-refractivity contribution >= 4 is 16.7 Å². The summed E-state index contributed by atoms with van der Waals surface area (Å²) >= 11 is 0. The van der Waals surface area contributed by atoms with Gasteiger partial charge in [-0.25, -0.2) is 4.98 Å². The molecule has 124 valence electrons. The second-order valence-electron chi connectivity index (χ2n) is 5.81. The van der Waals surface area contributed by atoms with Crippen molar-refractivity contribution < 1.29 is 4.74 Å². The molecule has 3 aromatic rings. The first-order valence-corrected chi connectivity index (χ1v) is 8.19. The molecule has 0 radical (unpaired) electrons. The molecule has 0 aliphatic rings. The molecule has 0 saturated carbocycles. The van der Waals surface area contributed by atoms with Crippen molar-refractivity contribution in [1.29, 1.82) is 0 Å². The van der Waals surface area contributed by atoms with Gasteiger partial charge < -0.3 is 15.0 Å². The summed E-state index contributed by atoms with van der Waals surface area (Å²) in [7, 11) is 1.69. The van der Waals surface area contributed by atoms with Crippen LogP contribution < -0.4 is 10.5 Å². The summed E-state index contributed by atoms with van der Waals surface area (Å²) in [5.41, 5.74) is 10.9. The third kappa shape index (κ3) is 3.00. The Hall–Kier alpha value is -2.75. The van der Waals surface area contributed by atoms with Crippen LogP contribution in [-0.4, -0.2) is 16.7 Å². The third-order valence-corrected chi connectivity index (χ3v) is 4.33. The van der Waals surface area contributed by atoms with Crippen molar-refractivity contribution in [1.82, 2.24) is 9.55 Å². The van der Waals surface area contributed by atoms with E-state index in [1.807, 2.05) is 36.4 Å². The highest BCUT2D eigenvalue weighted by Gasteiger charge is 2.12. The van der Waals surface area contributed by atoms with E-state index in [4.69, 9.17) is 15.5 Å². The lowest BCUT2D eigenvalue weighted by Gasteiger charge is -2.10. The van der Waals surface area contributed by atoms with Crippen LogP contribution in [0.15, 0.2) is 49.0 Å². The number of fused-ring (bicyclic) bond motifs is 1. The molecular weight excluding hydrogens is 298 g/mol. The van der Waals surface area contributed by atoms with E-state index in [0.717, 1.165) is 47.6 Å². The van der Waals surface area contributed by atoms with Crippen molar-refractivity contribution in [3.63, 3.8) is 0 Å². The minimum Gasteiger partial charge on any atom is -0.497 e. The standard InChI is InChI=1S/C20H23N3O/c1-4-23-19-13-16(24-3)10-11-18(19)22-20(23)12-9-15-7-5-6-8-17(15)14(2)21/h5-8,10-11,13H,2,4,9,12,21H2,1,3H3. The van der Waals surface area contributed by atoms with Crippen LogP contribution in [0.3, 0.4) is 0 Å². The van der Waals surface area contributed by atoms with E-state index in [-0.39, 0.29) is 0 Å². The van der Waals surface area contributed by atoms with Gasteiger partial charge in [0.2, 0.25) is 0 Å². The van der Waals surface area contributed by atoms with Gasteiger partial charge in [0.25, 0.3) is 0 Å². The lowest BCUT2D eigenvalue weighted by Crippen LogP contribution is -2.06. The van der Waals surface area contributed by atoms with Crippen LogP contribution in [0.25, 0.3) is 16.7 Å². The number of aromatic nitrogens is 2. The summed E-state index contributed by atoms with van der Waals surface area (Å²) in [5, 5.41) is 0. The Morgan fingerprint density at radius 2 is 2.00 bits per heavy atom. The number of ether oxygens (including phenoxy) is 1. The van der Waals surface area contributed by atoms with Gasteiger partial charge in [-0.3, -0.25) is 0 Å². The second kappa shape index (κ2) is 6.79. The summed E-state index contributed by atoms with van der Waals surface area (Å²) < 4.78 is 7.59. The van der Waals surface area contributed by atoms with Crippen molar-refractivity contribution in [3.8, 4) is 5.75 Å². The first kappa shape index (κ1) is 16.1. The van der Waals surface area contributed by atoms with Gasteiger partial charge in [-0.1, -0.05) is 30.8 Å². The Morgan fingerprint density at radius 3 is 2.71 bits per heavy atom. The first-order valence-electron chi connectivity index (χ1n) is 8.19. The van der Waals surface area contributed by atoms with E-state index in [1.54, 1.807) is 7.11 Å². The minimum atomic E-state index is 0.610. The van der Waals surface area contributed by atoms with E-state index >= 15 is 0 Å². The lowest BCUT2D eigenvalue weighted by atomic mass is 10.0. The highest BCUT2D eigenvalue weighted by Crippen LogP contribution is 2.23. The fraction of sp³-hybridized carbons (Fsp3) is 0.250. The van der Waals surface area contributed by atoms with Crippen molar-refractivity contribution in [2.24, 2.45) is 5.73 Å².